The van der Waals surface area contributed by atoms with Crippen LogP contribution in [-0.4, -0.2) is 22.0 Å². The van der Waals surface area contributed by atoms with Crippen molar-refractivity contribution in [2.24, 2.45) is 13.0 Å². The summed E-state index contributed by atoms with van der Waals surface area (Å²) in [5.41, 5.74) is 3.11. The van der Waals surface area contributed by atoms with Gasteiger partial charge in [-0.1, -0.05) is 6.42 Å². The van der Waals surface area contributed by atoms with Crippen LogP contribution in [0.3, 0.4) is 0 Å². The molecule has 1 saturated carbocycles. The monoisotopic (exact) mass is 303 g/mol. The number of rotatable bonds is 3. The molecule has 120 valence electrons. The SMILES string of the molecule is Cc1nn(C)c(C)c1C(C)NC1CCCC(C(F)(F)F)C1. The van der Waals surface area contributed by atoms with Crippen LogP contribution in [0.4, 0.5) is 13.2 Å². The van der Waals surface area contributed by atoms with Gasteiger partial charge in [0.15, 0.2) is 0 Å². The first-order chi connectivity index (χ1) is 9.70. The number of alkyl halides is 3. The quantitative estimate of drug-likeness (QED) is 0.920. The summed E-state index contributed by atoms with van der Waals surface area (Å²) in [6.45, 7) is 5.95. The predicted molar refractivity (Wildman–Crippen MR) is 76.0 cm³/mol. The Morgan fingerprint density at radius 3 is 2.48 bits per heavy atom. The molecule has 21 heavy (non-hydrogen) atoms. The number of aromatic nitrogens is 2. The van der Waals surface area contributed by atoms with E-state index in [2.05, 4.69) is 10.4 Å². The second kappa shape index (κ2) is 5.99. The summed E-state index contributed by atoms with van der Waals surface area (Å²) in [5.74, 6) is -1.16. The summed E-state index contributed by atoms with van der Waals surface area (Å²) in [6, 6.07) is -0.0462. The minimum atomic E-state index is -4.07. The van der Waals surface area contributed by atoms with Crippen molar-refractivity contribution in [3.63, 3.8) is 0 Å². The van der Waals surface area contributed by atoms with E-state index in [9.17, 15) is 13.2 Å². The largest absolute Gasteiger partial charge is 0.391 e. The first kappa shape index (κ1) is 16.3. The molecule has 1 N–H and O–H groups in total. The van der Waals surface area contributed by atoms with Crippen molar-refractivity contribution in [2.75, 3.05) is 0 Å². The lowest BCUT2D eigenvalue weighted by atomic mass is 9.84. The van der Waals surface area contributed by atoms with Gasteiger partial charge in [-0.15, -0.1) is 0 Å². The molecule has 0 saturated heterocycles. The number of halogens is 3. The number of nitrogens with one attached hydrogen (secondary N) is 1. The molecular formula is C15H24F3N3. The third-order valence-corrected chi connectivity index (χ3v) is 4.62. The van der Waals surface area contributed by atoms with Crippen molar-refractivity contribution in [1.82, 2.24) is 15.1 Å². The van der Waals surface area contributed by atoms with Gasteiger partial charge in [0, 0.05) is 30.4 Å². The molecule has 3 atom stereocenters. The Bertz CT molecular complexity index is 493. The summed E-state index contributed by atoms with van der Waals surface area (Å²) in [5, 5.41) is 7.75. The van der Waals surface area contributed by atoms with Crippen molar-refractivity contribution in [3.8, 4) is 0 Å². The standard InChI is InChI=1S/C15H24F3N3/c1-9(14-10(2)20-21(4)11(14)3)19-13-7-5-6-12(8-13)15(16,17)18/h9,12-13,19H,5-8H2,1-4H3. The topological polar surface area (TPSA) is 29.9 Å². The molecule has 1 aromatic heterocycles. The molecule has 3 nitrogen and oxygen atoms in total. The molecule has 2 rings (SSSR count). The van der Waals surface area contributed by atoms with Gasteiger partial charge in [0.1, 0.15) is 0 Å². The van der Waals surface area contributed by atoms with Crippen LogP contribution in [-0.2, 0) is 7.05 Å². The summed E-state index contributed by atoms with van der Waals surface area (Å²) in [6.07, 6.45) is -2.16. The van der Waals surface area contributed by atoms with E-state index in [0.717, 1.165) is 23.4 Å². The van der Waals surface area contributed by atoms with Crippen molar-refractivity contribution < 1.29 is 13.2 Å². The van der Waals surface area contributed by atoms with Gasteiger partial charge in [-0.2, -0.15) is 18.3 Å². The first-order valence-electron chi connectivity index (χ1n) is 7.53. The number of nitrogens with zero attached hydrogens (tertiary/aromatic N) is 2. The molecule has 1 heterocycles. The Morgan fingerprint density at radius 2 is 1.95 bits per heavy atom. The Morgan fingerprint density at radius 1 is 1.29 bits per heavy atom. The fraction of sp³-hybridized carbons (Fsp3) is 0.800. The summed E-state index contributed by atoms with van der Waals surface area (Å²) in [4.78, 5) is 0. The van der Waals surface area contributed by atoms with E-state index >= 15 is 0 Å². The van der Waals surface area contributed by atoms with Gasteiger partial charge < -0.3 is 5.32 Å². The van der Waals surface area contributed by atoms with E-state index in [1.807, 2.05) is 32.5 Å². The molecule has 1 aliphatic carbocycles. The second-order valence-electron chi connectivity index (χ2n) is 6.20. The van der Waals surface area contributed by atoms with Crippen LogP contribution in [0, 0.1) is 19.8 Å². The molecule has 0 aromatic carbocycles. The van der Waals surface area contributed by atoms with Crippen LogP contribution in [0.15, 0.2) is 0 Å². The van der Waals surface area contributed by atoms with Crippen LogP contribution in [0.5, 0.6) is 0 Å². The zero-order chi connectivity index (χ0) is 15.8. The van der Waals surface area contributed by atoms with E-state index in [0.29, 0.717) is 6.42 Å². The maximum absolute atomic E-state index is 12.9. The average Bonchev–Trinajstić information content (AvgIpc) is 2.62. The summed E-state index contributed by atoms with van der Waals surface area (Å²) in [7, 11) is 1.89. The highest BCUT2D eigenvalue weighted by atomic mass is 19.4. The molecule has 0 amide bonds. The Balaban J connectivity index is 2.04. The van der Waals surface area contributed by atoms with Crippen LogP contribution in [0.2, 0.25) is 0 Å². The van der Waals surface area contributed by atoms with Crippen molar-refractivity contribution in [3.05, 3.63) is 17.0 Å². The minimum absolute atomic E-state index is 0.0238. The lowest BCUT2D eigenvalue weighted by molar-refractivity contribution is -0.183. The normalized spacial score (nSPS) is 25.1. The Kier molecular flexibility index (Phi) is 4.66. The molecule has 0 spiro atoms. The summed E-state index contributed by atoms with van der Waals surface area (Å²) >= 11 is 0. The highest BCUT2D eigenvalue weighted by molar-refractivity contribution is 5.27. The van der Waals surface area contributed by atoms with E-state index < -0.39 is 12.1 Å². The van der Waals surface area contributed by atoms with E-state index in [4.69, 9.17) is 0 Å². The van der Waals surface area contributed by atoms with E-state index in [1.165, 1.54) is 0 Å². The highest BCUT2D eigenvalue weighted by Gasteiger charge is 2.42. The molecule has 0 aliphatic heterocycles. The zero-order valence-electron chi connectivity index (χ0n) is 13.1. The Labute approximate surface area is 123 Å². The van der Waals surface area contributed by atoms with Crippen molar-refractivity contribution in [2.45, 2.75) is 64.7 Å². The maximum atomic E-state index is 12.9. The van der Waals surface area contributed by atoms with Gasteiger partial charge in [-0.25, -0.2) is 0 Å². The van der Waals surface area contributed by atoms with Gasteiger partial charge >= 0.3 is 6.18 Å². The minimum Gasteiger partial charge on any atom is -0.307 e. The molecule has 3 unspecified atom stereocenters. The van der Waals surface area contributed by atoms with E-state index in [-0.39, 0.29) is 24.9 Å². The smallest absolute Gasteiger partial charge is 0.307 e. The lowest BCUT2D eigenvalue weighted by Gasteiger charge is -2.33. The average molecular weight is 303 g/mol. The Hall–Kier alpha value is -1.04. The summed E-state index contributed by atoms with van der Waals surface area (Å²) < 4.78 is 40.4. The first-order valence-corrected chi connectivity index (χ1v) is 7.53. The molecular weight excluding hydrogens is 279 g/mol. The van der Waals surface area contributed by atoms with Gasteiger partial charge in [0.25, 0.3) is 0 Å². The molecule has 1 aliphatic rings. The van der Waals surface area contributed by atoms with Crippen LogP contribution in [0.1, 0.15) is 55.6 Å². The molecule has 6 heteroatoms. The van der Waals surface area contributed by atoms with Gasteiger partial charge in [0.2, 0.25) is 0 Å². The van der Waals surface area contributed by atoms with Gasteiger partial charge in [-0.3, -0.25) is 4.68 Å². The molecule has 1 aromatic rings. The molecule has 0 radical (unpaired) electrons. The van der Waals surface area contributed by atoms with E-state index in [1.54, 1.807) is 0 Å². The zero-order valence-corrected chi connectivity index (χ0v) is 13.1. The molecule has 1 fully saturated rings. The molecule has 0 bridgehead atoms. The van der Waals surface area contributed by atoms with Gasteiger partial charge in [-0.05, 0) is 40.0 Å². The number of hydrogen-bond acceptors (Lipinski definition) is 2. The predicted octanol–water partition coefficient (Wildman–Crippen LogP) is 3.81. The second-order valence-corrected chi connectivity index (χ2v) is 6.20. The fourth-order valence-corrected chi connectivity index (χ4v) is 3.49. The fourth-order valence-electron chi connectivity index (χ4n) is 3.49. The number of aryl methyl sites for hydroxylation is 2. The maximum Gasteiger partial charge on any atom is 0.391 e. The van der Waals surface area contributed by atoms with Crippen LogP contribution in [0.25, 0.3) is 0 Å². The van der Waals surface area contributed by atoms with Gasteiger partial charge in [0.05, 0.1) is 11.6 Å². The third-order valence-electron chi connectivity index (χ3n) is 4.62. The lowest BCUT2D eigenvalue weighted by Crippen LogP contribution is -2.40. The van der Waals surface area contributed by atoms with Crippen molar-refractivity contribution >= 4 is 0 Å². The van der Waals surface area contributed by atoms with Crippen LogP contribution < -0.4 is 5.32 Å². The van der Waals surface area contributed by atoms with Crippen LogP contribution >= 0.6 is 0 Å². The third kappa shape index (κ3) is 3.59. The number of hydrogen-bond donors (Lipinski definition) is 1. The highest BCUT2D eigenvalue weighted by Crippen LogP contribution is 2.38. The van der Waals surface area contributed by atoms with Crippen molar-refractivity contribution in [1.29, 1.82) is 0 Å².